The smallest absolute Gasteiger partial charge is 0.307 e. The molecule has 0 unspecified atom stereocenters. The van der Waals surface area contributed by atoms with E-state index in [9.17, 15) is 4.79 Å². The van der Waals surface area contributed by atoms with E-state index in [4.69, 9.17) is 14.6 Å². The maximum absolute atomic E-state index is 10.6. The SMILES string of the molecule is O=C(O)Cc1ccc(OCCCOc2ccccc2)cc1. The van der Waals surface area contributed by atoms with Gasteiger partial charge in [-0.3, -0.25) is 4.79 Å². The number of carboxylic acids is 1. The molecule has 0 saturated carbocycles. The third-order valence-electron chi connectivity index (χ3n) is 2.85. The molecule has 0 bridgehead atoms. The Bertz CT molecular complexity index is 549. The number of hydrogen-bond acceptors (Lipinski definition) is 3. The van der Waals surface area contributed by atoms with Gasteiger partial charge in [0.15, 0.2) is 0 Å². The van der Waals surface area contributed by atoms with Gasteiger partial charge in [-0.1, -0.05) is 30.3 Å². The quantitative estimate of drug-likeness (QED) is 0.757. The molecule has 0 aliphatic carbocycles. The highest BCUT2D eigenvalue weighted by Crippen LogP contribution is 2.13. The van der Waals surface area contributed by atoms with Crippen molar-refractivity contribution in [2.24, 2.45) is 0 Å². The summed E-state index contributed by atoms with van der Waals surface area (Å²) in [5, 5.41) is 8.69. The third-order valence-corrected chi connectivity index (χ3v) is 2.85. The van der Waals surface area contributed by atoms with Gasteiger partial charge in [0.25, 0.3) is 0 Å². The van der Waals surface area contributed by atoms with Crippen LogP contribution in [0.2, 0.25) is 0 Å². The molecule has 2 aromatic carbocycles. The van der Waals surface area contributed by atoms with Crippen molar-refractivity contribution in [3.05, 3.63) is 60.2 Å². The second-order valence-corrected chi connectivity index (χ2v) is 4.58. The number of carboxylic acid groups (broad SMARTS) is 1. The minimum atomic E-state index is -0.832. The number of para-hydroxylation sites is 1. The van der Waals surface area contributed by atoms with Crippen molar-refractivity contribution < 1.29 is 19.4 Å². The predicted octanol–water partition coefficient (Wildman–Crippen LogP) is 3.16. The molecule has 21 heavy (non-hydrogen) atoms. The Morgan fingerprint density at radius 1 is 0.857 bits per heavy atom. The zero-order valence-electron chi connectivity index (χ0n) is 11.7. The fourth-order valence-electron chi connectivity index (χ4n) is 1.83. The Balaban J connectivity index is 1.65. The molecule has 0 amide bonds. The summed E-state index contributed by atoms with van der Waals surface area (Å²) in [6, 6.07) is 16.8. The average molecular weight is 286 g/mol. The molecule has 0 radical (unpaired) electrons. The number of aliphatic carboxylic acids is 1. The second-order valence-electron chi connectivity index (χ2n) is 4.58. The van der Waals surface area contributed by atoms with Gasteiger partial charge in [0.1, 0.15) is 11.5 Å². The predicted molar refractivity (Wildman–Crippen MR) is 79.8 cm³/mol. The first-order valence-corrected chi connectivity index (χ1v) is 6.85. The van der Waals surface area contributed by atoms with Crippen molar-refractivity contribution in [2.45, 2.75) is 12.8 Å². The van der Waals surface area contributed by atoms with E-state index < -0.39 is 5.97 Å². The van der Waals surface area contributed by atoms with E-state index in [1.54, 1.807) is 24.3 Å². The minimum absolute atomic E-state index is 0.0329. The highest BCUT2D eigenvalue weighted by atomic mass is 16.5. The van der Waals surface area contributed by atoms with Crippen LogP contribution in [0.5, 0.6) is 11.5 Å². The summed E-state index contributed by atoms with van der Waals surface area (Å²) in [5.41, 5.74) is 0.766. The van der Waals surface area contributed by atoms with Crippen LogP contribution in [0.1, 0.15) is 12.0 Å². The van der Waals surface area contributed by atoms with E-state index in [-0.39, 0.29) is 6.42 Å². The van der Waals surface area contributed by atoms with E-state index in [1.807, 2.05) is 30.3 Å². The molecule has 4 heteroatoms. The first-order chi connectivity index (χ1) is 10.2. The maximum Gasteiger partial charge on any atom is 0.307 e. The standard InChI is InChI=1S/C17H18O4/c18-17(19)13-14-7-9-16(10-8-14)21-12-4-11-20-15-5-2-1-3-6-15/h1-3,5-10H,4,11-13H2,(H,18,19). The van der Waals surface area contributed by atoms with E-state index in [0.717, 1.165) is 23.5 Å². The molecule has 0 aliphatic rings. The van der Waals surface area contributed by atoms with Crippen LogP contribution in [0.25, 0.3) is 0 Å². The molecule has 2 aromatic rings. The van der Waals surface area contributed by atoms with Gasteiger partial charge in [-0.15, -0.1) is 0 Å². The summed E-state index contributed by atoms with van der Waals surface area (Å²) < 4.78 is 11.1. The van der Waals surface area contributed by atoms with Crippen LogP contribution in [0.15, 0.2) is 54.6 Å². The van der Waals surface area contributed by atoms with E-state index >= 15 is 0 Å². The van der Waals surface area contributed by atoms with Crippen LogP contribution >= 0.6 is 0 Å². The van der Waals surface area contributed by atoms with Gasteiger partial charge in [-0.2, -0.15) is 0 Å². The van der Waals surface area contributed by atoms with Crippen molar-refractivity contribution in [3.8, 4) is 11.5 Å². The van der Waals surface area contributed by atoms with Crippen LogP contribution in [0.4, 0.5) is 0 Å². The molecule has 0 aliphatic heterocycles. The topological polar surface area (TPSA) is 55.8 Å². The van der Waals surface area contributed by atoms with Crippen molar-refractivity contribution in [2.75, 3.05) is 13.2 Å². The van der Waals surface area contributed by atoms with Gasteiger partial charge in [0.2, 0.25) is 0 Å². The molecule has 0 heterocycles. The van der Waals surface area contributed by atoms with Crippen LogP contribution in [-0.4, -0.2) is 24.3 Å². The summed E-state index contributed by atoms with van der Waals surface area (Å²) >= 11 is 0. The van der Waals surface area contributed by atoms with Crippen LogP contribution in [0, 0.1) is 0 Å². The lowest BCUT2D eigenvalue weighted by Gasteiger charge is -2.08. The molecule has 110 valence electrons. The maximum atomic E-state index is 10.6. The molecule has 4 nitrogen and oxygen atoms in total. The molecule has 0 fully saturated rings. The van der Waals surface area contributed by atoms with E-state index in [2.05, 4.69) is 0 Å². The van der Waals surface area contributed by atoms with Crippen molar-refractivity contribution in [3.63, 3.8) is 0 Å². The summed E-state index contributed by atoms with van der Waals surface area (Å²) in [5.74, 6) is 0.765. The largest absolute Gasteiger partial charge is 0.493 e. The zero-order chi connectivity index (χ0) is 14.9. The highest BCUT2D eigenvalue weighted by molar-refractivity contribution is 5.70. The summed E-state index contributed by atoms with van der Waals surface area (Å²) in [4.78, 5) is 10.6. The first-order valence-electron chi connectivity index (χ1n) is 6.85. The van der Waals surface area contributed by atoms with Crippen LogP contribution in [-0.2, 0) is 11.2 Å². The Morgan fingerprint density at radius 2 is 1.43 bits per heavy atom. The van der Waals surface area contributed by atoms with Crippen molar-refractivity contribution in [1.29, 1.82) is 0 Å². The number of rotatable bonds is 8. The lowest BCUT2D eigenvalue weighted by Crippen LogP contribution is -2.05. The summed E-state index contributed by atoms with van der Waals surface area (Å²) in [7, 11) is 0. The van der Waals surface area contributed by atoms with Gasteiger partial charge in [-0.05, 0) is 29.8 Å². The second kappa shape index (κ2) is 7.94. The Kier molecular flexibility index (Phi) is 5.64. The Labute approximate surface area is 123 Å². The molecule has 2 rings (SSSR count). The van der Waals surface area contributed by atoms with Crippen molar-refractivity contribution in [1.82, 2.24) is 0 Å². The molecular formula is C17H18O4. The monoisotopic (exact) mass is 286 g/mol. The fraction of sp³-hybridized carbons (Fsp3) is 0.235. The first kappa shape index (κ1) is 14.9. The third kappa shape index (κ3) is 5.57. The highest BCUT2D eigenvalue weighted by Gasteiger charge is 2.00. The number of ether oxygens (including phenoxy) is 2. The Morgan fingerprint density at radius 3 is 2.00 bits per heavy atom. The lowest BCUT2D eigenvalue weighted by molar-refractivity contribution is -0.136. The molecule has 1 N–H and O–H groups in total. The van der Waals surface area contributed by atoms with E-state index in [0.29, 0.717) is 13.2 Å². The van der Waals surface area contributed by atoms with E-state index in [1.165, 1.54) is 0 Å². The Hall–Kier alpha value is -2.49. The van der Waals surface area contributed by atoms with Crippen LogP contribution < -0.4 is 9.47 Å². The minimum Gasteiger partial charge on any atom is -0.493 e. The van der Waals surface area contributed by atoms with Gasteiger partial charge in [-0.25, -0.2) is 0 Å². The fourth-order valence-corrected chi connectivity index (χ4v) is 1.83. The van der Waals surface area contributed by atoms with Gasteiger partial charge < -0.3 is 14.6 Å². The van der Waals surface area contributed by atoms with Crippen molar-refractivity contribution >= 4 is 5.97 Å². The molecule has 0 saturated heterocycles. The van der Waals surface area contributed by atoms with Crippen LogP contribution in [0.3, 0.4) is 0 Å². The van der Waals surface area contributed by atoms with Gasteiger partial charge in [0, 0.05) is 6.42 Å². The number of benzene rings is 2. The number of carbonyl (C=O) groups is 1. The molecule has 0 aromatic heterocycles. The number of hydrogen-bond donors (Lipinski definition) is 1. The molecule has 0 atom stereocenters. The normalized spacial score (nSPS) is 10.1. The molecular weight excluding hydrogens is 268 g/mol. The van der Waals surface area contributed by atoms with Gasteiger partial charge in [0.05, 0.1) is 19.6 Å². The summed E-state index contributed by atoms with van der Waals surface area (Å²) in [6.07, 6.45) is 0.816. The lowest BCUT2D eigenvalue weighted by atomic mass is 10.1. The summed E-state index contributed by atoms with van der Waals surface area (Å²) in [6.45, 7) is 1.16. The average Bonchev–Trinajstić information content (AvgIpc) is 2.49. The molecule has 0 spiro atoms. The van der Waals surface area contributed by atoms with Gasteiger partial charge >= 0.3 is 5.97 Å². The zero-order valence-corrected chi connectivity index (χ0v) is 11.7.